The minimum absolute atomic E-state index is 0.117. The molecule has 0 saturated heterocycles. The van der Waals surface area contributed by atoms with Gasteiger partial charge < -0.3 is 9.73 Å². The molecule has 6 nitrogen and oxygen atoms in total. The minimum Gasteiger partial charge on any atom is -0.419 e. The van der Waals surface area contributed by atoms with Crippen molar-refractivity contribution in [3.05, 3.63) is 59.0 Å². The van der Waals surface area contributed by atoms with Crippen molar-refractivity contribution in [1.29, 1.82) is 0 Å². The fourth-order valence-corrected chi connectivity index (χ4v) is 2.99. The largest absolute Gasteiger partial charge is 0.419 e. The predicted octanol–water partition coefficient (Wildman–Crippen LogP) is 3.08. The molecule has 0 aliphatic heterocycles. The van der Waals surface area contributed by atoms with Gasteiger partial charge in [0.25, 0.3) is 5.89 Å². The van der Waals surface area contributed by atoms with E-state index in [4.69, 9.17) is 4.42 Å². The number of likely N-dealkylation sites (N-methyl/N-ethyl adjacent to an activating group) is 1. The normalized spacial score (nSPS) is 11.0. The molecule has 0 spiro atoms. The summed E-state index contributed by atoms with van der Waals surface area (Å²) < 4.78 is 18.6. The third kappa shape index (κ3) is 4.96. The number of hydrogen-bond acceptors (Lipinski definition) is 6. The van der Waals surface area contributed by atoms with Crippen LogP contribution in [0.2, 0.25) is 0 Å². The van der Waals surface area contributed by atoms with Crippen molar-refractivity contribution in [3.8, 4) is 10.8 Å². The minimum atomic E-state index is -0.293. The Balaban J connectivity index is 1.50. The molecular weight excluding hydrogens is 355 g/mol. The molecule has 0 fully saturated rings. The van der Waals surface area contributed by atoms with Crippen LogP contribution in [0.1, 0.15) is 18.4 Å². The summed E-state index contributed by atoms with van der Waals surface area (Å²) in [6.07, 6.45) is 0. The van der Waals surface area contributed by atoms with Crippen molar-refractivity contribution in [2.24, 2.45) is 0 Å². The smallest absolute Gasteiger partial charge is 0.257 e. The highest BCUT2D eigenvalue weighted by molar-refractivity contribution is 7.13. The van der Waals surface area contributed by atoms with E-state index in [0.717, 1.165) is 10.4 Å². The van der Waals surface area contributed by atoms with Gasteiger partial charge >= 0.3 is 0 Å². The monoisotopic (exact) mass is 374 g/mol. The summed E-state index contributed by atoms with van der Waals surface area (Å²) in [5.74, 6) is 0.557. The molecule has 2 heterocycles. The number of thiophene rings is 1. The van der Waals surface area contributed by atoms with Gasteiger partial charge in [0.1, 0.15) is 5.82 Å². The molecule has 0 unspecified atom stereocenters. The van der Waals surface area contributed by atoms with Crippen LogP contribution >= 0.6 is 11.3 Å². The van der Waals surface area contributed by atoms with Gasteiger partial charge in [-0.1, -0.05) is 25.1 Å². The summed E-state index contributed by atoms with van der Waals surface area (Å²) in [4.78, 5) is 15.0. The molecule has 0 aliphatic rings. The highest BCUT2D eigenvalue weighted by Crippen LogP contribution is 2.23. The van der Waals surface area contributed by atoms with Crippen molar-refractivity contribution < 1.29 is 13.6 Å². The van der Waals surface area contributed by atoms with Crippen LogP contribution in [0.25, 0.3) is 10.8 Å². The average molecular weight is 374 g/mol. The molecule has 0 saturated carbocycles. The standard InChI is InChI=1S/C18H19FN4O2S/c1-2-23(11-16(24)20-10-13-5-7-14(19)8-6-13)12-17-21-22-18(25-17)15-4-3-9-26-15/h3-9H,2,10-12H2,1H3,(H,20,24). The van der Waals surface area contributed by atoms with Gasteiger partial charge in [0.05, 0.1) is 18.0 Å². The van der Waals surface area contributed by atoms with Crippen LogP contribution in [0.4, 0.5) is 4.39 Å². The molecule has 0 bridgehead atoms. The van der Waals surface area contributed by atoms with Crippen molar-refractivity contribution in [2.75, 3.05) is 13.1 Å². The molecule has 3 rings (SSSR count). The van der Waals surface area contributed by atoms with E-state index in [1.807, 2.05) is 29.3 Å². The molecule has 26 heavy (non-hydrogen) atoms. The van der Waals surface area contributed by atoms with Crippen LogP contribution in [0.5, 0.6) is 0 Å². The van der Waals surface area contributed by atoms with Gasteiger partial charge in [0.15, 0.2) is 0 Å². The van der Waals surface area contributed by atoms with Gasteiger partial charge in [-0.3, -0.25) is 9.69 Å². The Morgan fingerprint density at radius 2 is 2.08 bits per heavy atom. The van der Waals surface area contributed by atoms with Crippen molar-refractivity contribution in [1.82, 2.24) is 20.4 Å². The Morgan fingerprint density at radius 3 is 2.77 bits per heavy atom. The summed E-state index contributed by atoms with van der Waals surface area (Å²) >= 11 is 1.53. The second-order valence-electron chi connectivity index (χ2n) is 5.68. The van der Waals surface area contributed by atoms with Gasteiger partial charge in [-0.25, -0.2) is 4.39 Å². The Hall–Kier alpha value is -2.58. The number of nitrogens with zero attached hydrogens (tertiary/aromatic N) is 3. The molecule has 1 N–H and O–H groups in total. The first kappa shape index (κ1) is 18.2. The number of carbonyl (C=O) groups is 1. The number of halogens is 1. The van der Waals surface area contributed by atoms with E-state index in [1.165, 1.54) is 23.5 Å². The molecule has 3 aromatic rings. The number of aromatic nitrogens is 2. The number of benzene rings is 1. The number of amides is 1. The summed E-state index contributed by atoms with van der Waals surface area (Å²) in [7, 11) is 0. The van der Waals surface area contributed by atoms with E-state index in [1.54, 1.807) is 12.1 Å². The lowest BCUT2D eigenvalue weighted by atomic mass is 10.2. The topological polar surface area (TPSA) is 71.3 Å². The number of nitrogens with one attached hydrogen (secondary N) is 1. The molecule has 0 radical (unpaired) electrons. The molecular formula is C18H19FN4O2S. The molecule has 1 aromatic carbocycles. The number of carbonyl (C=O) groups excluding carboxylic acids is 1. The fraction of sp³-hybridized carbons (Fsp3) is 0.278. The second-order valence-corrected chi connectivity index (χ2v) is 6.63. The van der Waals surface area contributed by atoms with E-state index in [9.17, 15) is 9.18 Å². The number of hydrogen-bond donors (Lipinski definition) is 1. The zero-order chi connectivity index (χ0) is 18.4. The average Bonchev–Trinajstić information content (AvgIpc) is 3.32. The Morgan fingerprint density at radius 1 is 1.27 bits per heavy atom. The number of rotatable bonds is 8. The molecule has 8 heteroatoms. The third-order valence-corrected chi connectivity index (χ3v) is 4.63. The van der Waals surface area contributed by atoms with E-state index < -0.39 is 0 Å². The molecule has 2 aromatic heterocycles. The van der Waals surface area contributed by atoms with Crippen molar-refractivity contribution >= 4 is 17.2 Å². The van der Waals surface area contributed by atoms with Crippen molar-refractivity contribution in [3.63, 3.8) is 0 Å². The van der Waals surface area contributed by atoms with Crippen LogP contribution in [-0.4, -0.2) is 34.1 Å². The molecule has 1 amide bonds. The van der Waals surface area contributed by atoms with Crippen LogP contribution in [0, 0.1) is 5.82 Å². The van der Waals surface area contributed by atoms with E-state index in [-0.39, 0.29) is 18.3 Å². The zero-order valence-corrected chi connectivity index (χ0v) is 15.1. The Kier molecular flexibility index (Phi) is 6.08. The summed E-state index contributed by atoms with van der Waals surface area (Å²) in [6, 6.07) is 9.90. The lowest BCUT2D eigenvalue weighted by molar-refractivity contribution is -0.122. The zero-order valence-electron chi connectivity index (χ0n) is 14.3. The van der Waals surface area contributed by atoms with Gasteiger partial charge in [-0.05, 0) is 35.7 Å². The van der Waals surface area contributed by atoms with Gasteiger partial charge in [-0.15, -0.1) is 21.5 Å². The predicted molar refractivity (Wildman–Crippen MR) is 96.8 cm³/mol. The maximum Gasteiger partial charge on any atom is 0.257 e. The van der Waals surface area contributed by atoms with E-state index in [0.29, 0.717) is 31.4 Å². The van der Waals surface area contributed by atoms with Gasteiger partial charge in [0, 0.05) is 6.54 Å². The van der Waals surface area contributed by atoms with Crippen LogP contribution in [0.3, 0.4) is 0 Å². The maximum atomic E-state index is 12.9. The quantitative estimate of drug-likeness (QED) is 0.656. The summed E-state index contributed by atoms with van der Waals surface area (Å²) in [5, 5.41) is 12.9. The fourth-order valence-electron chi connectivity index (χ4n) is 2.35. The molecule has 0 aliphatic carbocycles. The highest BCUT2D eigenvalue weighted by Gasteiger charge is 2.15. The highest BCUT2D eigenvalue weighted by atomic mass is 32.1. The second kappa shape index (κ2) is 8.68. The summed E-state index contributed by atoms with van der Waals surface area (Å²) in [6.45, 7) is 3.61. The van der Waals surface area contributed by atoms with Crippen LogP contribution in [-0.2, 0) is 17.9 Å². The summed E-state index contributed by atoms with van der Waals surface area (Å²) in [5.41, 5.74) is 0.847. The van der Waals surface area contributed by atoms with Crippen LogP contribution in [0.15, 0.2) is 46.2 Å². The van der Waals surface area contributed by atoms with E-state index in [2.05, 4.69) is 15.5 Å². The van der Waals surface area contributed by atoms with Crippen LogP contribution < -0.4 is 5.32 Å². The first-order chi connectivity index (χ1) is 12.6. The van der Waals surface area contributed by atoms with Crippen molar-refractivity contribution in [2.45, 2.75) is 20.0 Å². The van der Waals surface area contributed by atoms with Gasteiger partial charge in [0.2, 0.25) is 11.8 Å². The maximum absolute atomic E-state index is 12.9. The van der Waals surface area contributed by atoms with E-state index >= 15 is 0 Å². The molecule has 136 valence electrons. The first-order valence-electron chi connectivity index (χ1n) is 8.24. The Labute approximate surface area is 154 Å². The SMILES string of the molecule is CCN(CC(=O)NCc1ccc(F)cc1)Cc1nnc(-c2cccs2)o1. The lowest BCUT2D eigenvalue weighted by Gasteiger charge is -2.17. The van der Waals surface area contributed by atoms with Gasteiger partial charge in [-0.2, -0.15) is 0 Å². The first-order valence-corrected chi connectivity index (χ1v) is 9.11. The lowest BCUT2D eigenvalue weighted by Crippen LogP contribution is -2.36. The molecule has 0 atom stereocenters. The Bertz CT molecular complexity index is 833. The third-order valence-electron chi connectivity index (χ3n) is 3.78.